The molecule has 4 nitrogen and oxygen atoms in total. The third-order valence-electron chi connectivity index (χ3n) is 2.77. The predicted octanol–water partition coefficient (Wildman–Crippen LogP) is 2.97. The maximum atomic E-state index is 11.2. The number of hydrogen-bond donors (Lipinski definition) is 0. The zero-order valence-corrected chi connectivity index (χ0v) is 13.0. The number of ether oxygens (including phenoxy) is 3. The van der Waals surface area contributed by atoms with Crippen molar-refractivity contribution in [1.82, 2.24) is 0 Å². The Morgan fingerprint density at radius 3 is 2.71 bits per heavy atom. The number of esters is 1. The van der Waals surface area contributed by atoms with E-state index in [1.54, 1.807) is 6.92 Å². The molecular formula is C17H24O4. The number of carbonyl (C=O) groups excluding carboxylic acids is 1. The van der Waals surface area contributed by atoms with Gasteiger partial charge >= 0.3 is 5.97 Å². The van der Waals surface area contributed by atoms with E-state index < -0.39 is 0 Å². The van der Waals surface area contributed by atoms with E-state index in [4.69, 9.17) is 14.2 Å². The zero-order chi connectivity index (χ0) is 15.5. The molecule has 0 radical (unpaired) electrons. The van der Waals surface area contributed by atoms with Crippen LogP contribution in [0.15, 0.2) is 47.6 Å². The second kappa shape index (κ2) is 10.1. The van der Waals surface area contributed by atoms with Gasteiger partial charge in [-0.15, -0.1) is 0 Å². The Hall–Kier alpha value is -1.65. The molecule has 0 spiro atoms. The van der Waals surface area contributed by atoms with Crippen molar-refractivity contribution in [3.05, 3.63) is 47.6 Å². The van der Waals surface area contributed by atoms with Crippen molar-refractivity contribution in [2.24, 2.45) is 0 Å². The Morgan fingerprint density at radius 2 is 2.05 bits per heavy atom. The van der Waals surface area contributed by atoms with Gasteiger partial charge in [0.05, 0.1) is 32.5 Å². The number of rotatable bonds is 6. The van der Waals surface area contributed by atoms with Crippen molar-refractivity contribution in [2.75, 3.05) is 26.4 Å². The van der Waals surface area contributed by atoms with E-state index in [2.05, 4.69) is 0 Å². The van der Waals surface area contributed by atoms with Gasteiger partial charge in [-0.1, -0.05) is 36.0 Å². The topological polar surface area (TPSA) is 44.8 Å². The molecule has 0 saturated carbocycles. The van der Waals surface area contributed by atoms with Gasteiger partial charge in [-0.25, -0.2) is 4.79 Å². The highest BCUT2D eigenvalue weighted by atomic mass is 16.6. The summed E-state index contributed by atoms with van der Waals surface area (Å²) in [7, 11) is 0. The molecule has 1 aliphatic rings. The molecule has 1 atom stereocenters. The smallest absolute Gasteiger partial charge is 0.330 e. The van der Waals surface area contributed by atoms with Crippen LogP contribution in [0.2, 0.25) is 0 Å². The first-order valence-electron chi connectivity index (χ1n) is 7.19. The normalized spacial score (nSPS) is 21.2. The molecule has 1 aliphatic heterocycles. The lowest BCUT2D eigenvalue weighted by atomic mass is 10.2. The molecule has 1 unspecified atom stereocenters. The van der Waals surface area contributed by atoms with Gasteiger partial charge in [0.1, 0.15) is 0 Å². The van der Waals surface area contributed by atoms with Crippen LogP contribution in [-0.4, -0.2) is 38.5 Å². The fourth-order valence-corrected chi connectivity index (χ4v) is 1.70. The lowest BCUT2D eigenvalue weighted by Gasteiger charge is -2.19. The monoisotopic (exact) mass is 292 g/mol. The van der Waals surface area contributed by atoms with Crippen LogP contribution in [0.3, 0.4) is 0 Å². The molecule has 0 aromatic rings. The van der Waals surface area contributed by atoms with Gasteiger partial charge < -0.3 is 14.2 Å². The number of hydrogen-bond acceptors (Lipinski definition) is 4. The minimum absolute atomic E-state index is 0.0384. The van der Waals surface area contributed by atoms with Crippen molar-refractivity contribution < 1.29 is 19.0 Å². The average molecular weight is 292 g/mol. The molecule has 1 saturated heterocycles. The highest BCUT2D eigenvalue weighted by Crippen LogP contribution is 2.05. The molecule has 0 bridgehead atoms. The first kappa shape index (κ1) is 17.4. The molecule has 21 heavy (non-hydrogen) atoms. The van der Waals surface area contributed by atoms with Crippen LogP contribution in [0.4, 0.5) is 0 Å². The van der Waals surface area contributed by atoms with E-state index in [0.717, 1.165) is 11.1 Å². The molecule has 0 amide bonds. The molecule has 116 valence electrons. The molecule has 0 aromatic carbocycles. The first-order chi connectivity index (χ1) is 10.1. The van der Waals surface area contributed by atoms with Gasteiger partial charge in [0.2, 0.25) is 0 Å². The summed E-state index contributed by atoms with van der Waals surface area (Å²) in [5, 5.41) is 0. The maximum absolute atomic E-state index is 11.2. The van der Waals surface area contributed by atoms with E-state index in [0.29, 0.717) is 26.4 Å². The maximum Gasteiger partial charge on any atom is 0.330 e. The summed E-state index contributed by atoms with van der Waals surface area (Å²) in [6.45, 7) is 7.98. The van der Waals surface area contributed by atoms with Gasteiger partial charge in [0.15, 0.2) is 0 Å². The van der Waals surface area contributed by atoms with Crippen LogP contribution >= 0.6 is 0 Å². The quantitative estimate of drug-likeness (QED) is 0.429. The molecule has 1 fully saturated rings. The molecule has 1 rings (SSSR count). The standard InChI is InChI=1S/C17H24O4/c1-4-20-17(18)12-15(3)7-5-6-14(2)8-9-16-13-19-10-11-21-16/h5-9,12,16H,4,10-11,13H2,1-3H3/b7-5+,9-8+,14-6+,15-12+. The largest absolute Gasteiger partial charge is 0.463 e. The average Bonchev–Trinajstić information content (AvgIpc) is 2.46. The summed E-state index contributed by atoms with van der Waals surface area (Å²) >= 11 is 0. The SMILES string of the molecule is CCOC(=O)/C=C(C)/C=C/C=C(C)/C=C/C1COCCO1. The fraction of sp³-hybridized carbons (Fsp3) is 0.471. The third-order valence-corrected chi connectivity index (χ3v) is 2.77. The number of carbonyl (C=O) groups is 1. The summed E-state index contributed by atoms with van der Waals surface area (Å²) in [5.41, 5.74) is 1.95. The molecule has 0 aliphatic carbocycles. The Balaban J connectivity index is 2.44. The van der Waals surface area contributed by atoms with E-state index in [1.165, 1.54) is 6.08 Å². The van der Waals surface area contributed by atoms with Gasteiger partial charge in [-0.05, 0) is 26.3 Å². The van der Waals surface area contributed by atoms with E-state index in [9.17, 15) is 4.79 Å². The second-order valence-electron chi connectivity index (χ2n) is 4.75. The Morgan fingerprint density at radius 1 is 1.24 bits per heavy atom. The summed E-state index contributed by atoms with van der Waals surface area (Å²) in [6.07, 6.45) is 11.3. The van der Waals surface area contributed by atoms with Crippen LogP contribution in [0.1, 0.15) is 20.8 Å². The second-order valence-corrected chi connectivity index (χ2v) is 4.75. The number of allylic oxidation sites excluding steroid dienone is 6. The third kappa shape index (κ3) is 8.27. The molecule has 1 heterocycles. The van der Waals surface area contributed by atoms with Gasteiger partial charge in [0.25, 0.3) is 0 Å². The molecule has 0 aromatic heterocycles. The molecule has 0 N–H and O–H groups in total. The highest BCUT2D eigenvalue weighted by molar-refractivity contribution is 5.83. The van der Waals surface area contributed by atoms with Crippen LogP contribution in [0, 0.1) is 0 Å². The minimum atomic E-state index is -0.310. The minimum Gasteiger partial charge on any atom is -0.463 e. The predicted molar refractivity (Wildman–Crippen MR) is 83.0 cm³/mol. The lowest BCUT2D eigenvalue weighted by Crippen LogP contribution is -2.26. The van der Waals surface area contributed by atoms with Crippen LogP contribution in [0.5, 0.6) is 0 Å². The van der Waals surface area contributed by atoms with Crippen LogP contribution in [0.25, 0.3) is 0 Å². The van der Waals surface area contributed by atoms with E-state index >= 15 is 0 Å². The summed E-state index contributed by atoms with van der Waals surface area (Å²) < 4.78 is 15.7. The molecule has 4 heteroatoms. The van der Waals surface area contributed by atoms with Crippen molar-refractivity contribution in [2.45, 2.75) is 26.9 Å². The zero-order valence-electron chi connectivity index (χ0n) is 13.0. The Kier molecular flexibility index (Phi) is 8.40. The van der Waals surface area contributed by atoms with Crippen LogP contribution < -0.4 is 0 Å². The van der Waals surface area contributed by atoms with Crippen molar-refractivity contribution in [3.8, 4) is 0 Å². The summed E-state index contributed by atoms with van der Waals surface area (Å²) in [6, 6.07) is 0. The molecular weight excluding hydrogens is 268 g/mol. The van der Waals surface area contributed by atoms with Crippen LogP contribution in [-0.2, 0) is 19.0 Å². The summed E-state index contributed by atoms with van der Waals surface area (Å²) in [5.74, 6) is -0.310. The van der Waals surface area contributed by atoms with Crippen molar-refractivity contribution in [3.63, 3.8) is 0 Å². The lowest BCUT2D eigenvalue weighted by molar-refractivity contribution is -0.137. The fourth-order valence-electron chi connectivity index (χ4n) is 1.70. The van der Waals surface area contributed by atoms with Crippen molar-refractivity contribution >= 4 is 5.97 Å². The first-order valence-corrected chi connectivity index (χ1v) is 7.19. The van der Waals surface area contributed by atoms with Gasteiger partial charge in [-0.3, -0.25) is 0 Å². The highest BCUT2D eigenvalue weighted by Gasteiger charge is 2.09. The van der Waals surface area contributed by atoms with Gasteiger partial charge in [0, 0.05) is 6.08 Å². The van der Waals surface area contributed by atoms with Gasteiger partial charge in [-0.2, -0.15) is 0 Å². The Labute approximate surface area is 126 Å². The van der Waals surface area contributed by atoms with Crippen molar-refractivity contribution in [1.29, 1.82) is 0 Å². The summed E-state index contributed by atoms with van der Waals surface area (Å²) in [4.78, 5) is 11.2. The van der Waals surface area contributed by atoms with E-state index in [-0.39, 0.29) is 12.1 Å². The Bertz CT molecular complexity index is 438. The van der Waals surface area contributed by atoms with E-state index in [1.807, 2.05) is 44.2 Å².